The molecule has 1 aromatic rings. The molecule has 0 radical (unpaired) electrons. The number of benzene rings is 1. The Bertz CT molecular complexity index is 896. The van der Waals surface area contributed by atoms with Gasteiger partial charge in [0.15, 0.2) is 11.5 Å². The van der Waals surface area contributed by atoms with Crippen molar-refractivity contribution in [1.29, 1.82) is 0 Å². The number of hydrogen-bond donors (Lipinski definition) is 1. The number of hydrogen-bond acceptors (Lipinski definition) is 6. The van der Waals surface area contributed by atoms with Gasteiger partial charge in [-0.1, -0.05) is 26.8 Å². The van der Waals surface area contributed by atoms with E-state index in [0.717, 1.165) is 56.4 Å². The number of carbonyl (C=O) groups is 3. The zero-order valence-electron chi connectivity index (χ0n) is 22.6. The Kier molecular flexibility index (Phi) is 11.7. The summed E-state index contributed by atoms with van der Waals surface area (Å²) in [6.45, 7) is 7.40. The van der Waals surface area contributed by atoms with Crippen LogP contribution in [0.25, 0.3) is 0 Å². The molecular weight excluding hydrogens is 462 g/mol. The van der Waals surface area contributed by atoms with E-state index in [2.05, 4.69) is 6.92 Å². The average molecular weight is 506 g/mol. The lowest BCUT2D eigenvalue weighted by Crippen LogP contribution is -2.52. The van der Waals surface area contributed by atoms with Crippen molar-refractivity contribution < 1.29 is 33.7 Å². The molecule has 1 aliphatic rings. The molecule has 202 valence electrons. The van der Waals surface area contributed by atoms with Crippen LogP contribution in [0.2, 0.25) is 0 Å². The Morgan fingerprint density at radius 3 is 2.44 bits per heavy atom. The smallest absolute Gasteiger partial charge is 0.326 e. The summed E-state index contributed by atoms with van der Waals surface area (Å²) in [6.07, 6.45) is 6.51. The number of aryl methyl sites for hydroxylation is 1. The van der Waals surface area contributed by atoms with Crippen molar-refractivity contribution in [3.05, 3.63) is 23.3 Å². The largest absolute Gasteiger partial charge is 0.493 e. The number of rotatable bonds is 15. The predicted octanol–water partition coefficient (Wildman–Crippen LogP) is 4.45. The van der Waals surface area contributed by atoms with Gasteiger partial charge in [-0.15, -0.1) is 0 Å². The zero-order valence-corrected chi connectivity index (χ0v) is 22.6. The van der Waals surface area contributed by atoms with E-state index < -0.39 is 29.1 Å². The average Bonchev–Trinajstić information content (AvgIpc) is 2.88. The van der Waals surface area contributed by atoms with Gasteiger partial charge in [0, 0.05) is 30.7 Å². The normalized spacial score (nSPS) is 16.0. The van der Waals surface area contributed by atoms with E-state index in [1.54, 1.807) is 28.1 Å². The molecule has 8 heteroatoms. The van der Waals surface area contributed by atoms with Crippen LogP contribution >= 0.6 is 0 Å². The summed E-state index contributed by atoms with van der Waals surface area (Å²) in [6, 6.07) is 3.00. The van der Waals surface area contributed by atoms with Gasteiger partial charge in [0.1, 0.15) is 6.04 Å². The summed E-state index contributed by atoms with van der Waals surface area (Å²) in [5, 5.41) is 9.52. The number of carbonyl (C=O) groups excluding carboxylic acids is 2. The highest BCUT2D eigenvalue weighted by Gasteiger charge is 2.40. The van der Waals surface area contributed by atoms with Gasteiger partial charge >= 0.3 is 5.97 Å². The van der Waals surface area contributed by atoms with Crippen LogP contribution in [0.3, 0.4) is 0 Å². The monoisotopic (exact) mass is 505 g/mol. The molecule has 1 saturated heterocycles. The first-order valence-electron chi connectivity index (χ1n) is 13.1. The number of methoxy groups -OCH3 is 2. The Hall–Kier alpha value is -2.61. The molecule has 0 saturated carbocycles. The molecule has 1 heterocycles. The quantitative estimate of drug-likeness (QED) is 0.278. The number of aliphatic carboxylic acids is 1. The fourth-order valence-electron chi connectivity index (χ4n) is 4.71. The first kappa shape index (κ1) is 29.6. The van der Waals surface area contributed by atoms with E-state index >= 15 is 0 Å². The molecule has 0 aromatic heterocycles. The molecule has 1 N–H and O–H groups in total. The van der Waals surface area contributed by atoms with Gasteiger partial charge < -0.3 is 24.2 Å². The van der Waals surface area contributed by atoms with Crippen LogP contribution in [-0.4, -0.2) is 67.7 Å². The fourth-order valence-corrected chi connectivity index (χ4v) is 4.71. The molecule has 1 amide bonds. The highest BCUT2D eigenvalue weighted by molar-refractivity contribution is 6.38. The van der Waals surface area contributed by atoms with Gasteiger partial charge in [0.2, 0.25) is 5.78 Å². The lowest BCUT2D eigenvalue weighted by molar-refractivity contribution is -0.158. The molecule has 0 spiro atoms. The van der Waals surface area contributed by atoms with Crippen LogP contribution in [0.4, 0.5) is 0 Å². The van der Waals surface area contributed by atoms with Crippen LogP contribution in [0.1, 0.15) is 76.8 Å². The molecule has 1 aliphatic heterocycles. The molecule has 8 nitrogen and oxygen atoms in total. The van der Waals surface area contributed by atoms with Crippen molar-refractivity contribution in [2.24, 2.45) is 5.41 Å². The number of ether oxygens (including phenoxy) is 3. The van der Waals surface area contributed by atoms with Crippen molar-refractivity contribution in [1.82, 2.24) is 4.90 Å². The zero-order chi connectivity index (χ0) is 26.7. The van der Waals surface area contributed by atoms with Gasteiger partial charge in [-0.3, -0.25) is 9.59 Å². The number of nitrogens with zero attached hydrogens (tertiary/aromatic N) is 1. The highest BCUT2D eigenvalue weighted by Crippen LogP contribution is 2.37. The van der Waals surface area contributed by atoms with Gasteiger partial charge in [-0.2, -0.15) is 0 Å². The standard InChI is InChI=1S/C28H43NO7/c1-6-18-36-19-10-8-11-20-13-14-23(34-4)24(35-5)21(20)15-16-28(2,3)25(30)26(31)29-17-9-7-12-22(29)27(32)33/h13-14,22H,6-12,15-19H2,1-5H3,(H,32,33). The van der Waals surface area contributed by atoms with Gasteiger partial charge in [0.05, 0.1) is 14.2 Å². The van der Waals surface area contributed by atoms with Crippen molar-refractivity contribution in [3.63, 3.8) is 0 Å². The van der Waals surface area contributed by atoms with Gasteiger partial charge in [-0.05, 0) is 69.4 Å². The molecule has 1 unspecified atom stereocenters. The molecular formula is C28H43NO7. The molecule has 1 atom stereocenters. The lowest BCUT2D eigenvalue weighted by atomic mass is 9.80. The minimum Gasteiger partial charge on any atom is -0.493 e. The molecule has 2 rings (SSSR count). The van der Waals surface area contributed by atoms with Crippen molar-refractivity contribution in [3.8, 4) is 11.5 Å². The number of ketones is 1. The van der Waals surface area contributed by atoms with Gasteiger partial charge in [0.25, 0.3) is 5.91 Å². The molecule has 1 aromatic carbocycles. The maximum atomic E-state index is 13.3. The van der Waals surface area contributed by atoms with E-state index in [1.165, 1.54) is 4.90 Å². The third kappa shape index (κ3) is 7.69. The van der Waals surface area contributed by atoms with E-state index in [1.807, 2.05) is 12.1 Å². The Balaban J connectivity index is 2.16. The predicted molar refractivity (Wildman–Crippen MR) is 138 cm³/mol. The number of likely N-dealkylation sites (tertiary alicyclic amines) is 1. The summed E-state index contributed by atoms with van der Waals surface area (Å²) < 4.78 is 16.8. The summed E-state index contributed by atoms with van der Waals surface area (Å²) >= 11 is 0. The van der Waals surface area contributed by atoms with Crippen molar-refractivity contribution >= 4 is 17.7 Å². The van der Waals surface area contributed by atoms with E-state index in [9.17, 15) is 19.5 Å². The Morgan fingerprint density at radius 2 is 1.81 bits per heavy atom. The fraction of sp³-hybridized carbons (Fsp3) is 0.679. The number of piperidine rings is 1. The number of unbranched alkanes of at least 4 members (excludes halogenated alkanes) is 1. The Morgan fingerprint density at radius 1 is 1.06 bits per heavy atom. The molecule has 0 aliphatic carbocycles. The number of carboxylic acid groups (broad SMARTS) is 1. The summed E-state index contributed by atoms with van der Waals surface area (Å²) in [7, 11) is 3.20. The second kappa shape index (κ2) is 14.2. The van der Waals surface area contributed by atoms with Crippen LogP contribution in [0.15, 0.2) is 12.1 Å². The second-order valence-corrected chi connectivity index (χ2v) is 10.1. The van der Waals surface area contributed by atoms with Crippen molar-refractivity contribution in [2.75, 3.05) is 34.0 Å². The van der Waals surface area contributed by atoms with Crippen LogP contribution in [0, 0.1) is 5.41 Å². The maximum Gasteiger partial charge on any atom is 0.326 e. The van der Waals surface area contributed by atoms with Crippen molar-refractivity contribution in [2.45, 2.75) is 84.6 Å². The highest BCUT2D eigenvalue weighted by atomic mass is 16.5. The third-order valence-electron chi connectivity index (χ3n) is 6.94. The Labute approximate surface area is 215 Å². The van der Waals surface area contributed by atoms with Gasteiger partial charge in [-0.25, -0.2) is 4.79 Å². The molecule has 36 heavy (non-hydrogen) atoms. The molecule has 1 fully saturated rings. The number of Topliss-reactive ketones (excluding diaryl/α,β-unsaturated/α-hetero) is 1. The van der Waals surface area contributed by atoms with E-state index in [-0.39, 0.29) is 0 Å². The first-order valence-corrected chi connectivity index (χ1v) is 13.1. The minimum atomic E-state index is -1.06. The third-order valence-corrected chi connectivity index (χ3v) is 6.94. The lowest BCUT2D eigenvalue weighted by Gasteiger charge is -2.34. The summed E-state index contributed by atoms with van der Waals surface area (Å²) in [5.74, 6) is -1.03. The second-order valence-electron chi connectivity index (χ2n) is 10.1. The van der Waals surface area contributed by atoms with Crippen LogP contribution in [-0.2, 0) is 32.0 Å². The topological polar surface area (TPSA) is 102 Å². The minimum absolute atomic E-state index is 0.299. The maximum absolute atomic E-state index is 13.3. The number of carboxylic acids is 1. The molecule has 0 bridgehead atoms. The first-order chi connectivity index (χ1) is 17.2. The summed E-state index contributed by atoms with van der Waals surface area (Å²) in [4.78, 5) is 39.2. The number of amides is 1. The van der Waals surface area contributed by atoms with E-state index in [4.69, 9.17) is 14.2 Å². The van der Waals surface area contributed by atoms with Crippen LogP contribution < -0.4 is 9.47 Å². The SMILES string of the molecule is CCCOCCCCc1ccc(OC)c(OC)c1CCC(C)(C)C(=O)C(=O)N1CCCCC1C(=O)O. The summed E-state index contributed by atoms with van der Waals surface area (Å²) in [5.41, 5.74) is 1.14. The van der Waals surface area contributed by atoms with Crippen LogP contribution in [0.5, 0.6) is 11.5 Å². The van der Waals surface area contributed by atoms with E-state index in [0.29, 0.717) is 43.7 Å².